The molecular formula is C15H21NO3. The highest BCUT2D eigenvalue weighted by molar-refractivity contribution is 5.76. The van der Waals surface area contributed by atoms with Gasteiger partial charge in [-0.05, 0) is 31.9 Å². The number of aliphatic hydroxyl groups is 1. The molecule has 0 unspecified atom stereocenters. The molecule has 4 heteroatoms. The SMILES string of the molecule is Cc1ccc(OCCC(=O)N2CCC[C@H](O)C2)cc1. The van der Waals surface area contributed by atoms with E-state index in [2.05, 4.69) is 0 Å². The van der Waals surface area contributed by atoms with Crippen molar-refractivity contribution in [3.8, 4) is 5.75 Å². The Hall–Kier alpha value is -1.55. The zero-order chi connectivity index (χ0) is 13.7. The summed E-state index contributed by atoms with van der Waals surface area (Å²) in [7, 11) is 0. The number of hydrogen-bond donors (Lipinski definition) is 1. The number of benzene rings is 1. The van der Waals surface area contributed by atoms with Crippen molar-refractivity contribution in [3.63, 3.8) is 0 Å². The van der Waals surface area contributed by atoms with E-state index in [1.54, 1.807) is 4.90 Å². The van der Waals surface area contributed by atoms with Crippen LogP contribution in [0.25, 0.3) is 0 Å². The smallest absolute Gasteiger partial charge is 0.226 e. The number of aryl methyl sites for hydroxylation is 1. The molecule has 19 heavy (non-hydrogen) atoms. The summed E-state index contributed by atoms with van der Waals surface area (Å²) in [6.07, 6.45) is 1.67. The first-order valence-corrected chi connectivity index (χ1v) is 6.80. The second kappa shape index (κ2) is 6.57. The molecule has 0 aliphatic carbocycles. The van der Waals surface area contributed by atoms with E-state index in [4.69, 9.17) is 4.74 Å². The number of piperidine rings is 1. The van der Waals surface area contributed by atoms with Crippen LogP contribution in [0.4, 0.5) is 0 Å². The molecule has 1 amide bonds. The van der Waals surface area contributed by atoms with Crippen LogP contribution in [0.15, 0.2) is 24.3 Å². The molecular weight excluding hydrogens is 242 g/mol. The van der Waals surface area contributed by atoms with E-state index in [1.165, 1.54) is 5.56 Å². The summed E-state index contributed by atoms with van der Waals surface area (Å²) in [6, 6.07) is 7.78. The number of carbonyl (C=O) groups is 1. The molecule has 1 heterocycles. The van der Waals surface area contributed by atoms with Gasteiger partial charge in [0.1, 0.15) is 5.75 Å². The predicted molar refractivity (Wildman–Crippen MR) is 73.1 cm³/mol. The van der Waals surface area contributed by atoms with Gasteiger partial charge < -0.3 is 14.7 Å². The van der Waals surface area contributed by atoms with Crippen LogP contribution >= 0.6 is 0 Å². The fourth-order valence-electron chi connectivity index (χ4n) is 2.23. The van der Waals surface area contributed by atoms with Crippen molar-refractivity contribution in [2.45, 2.75) is 32.3 Å². The minimum Gasteiger partial charge on any atom is -0.493 e. The number of rotatable bonds is 4. The first-order chi connectivity index (χ1) is 9.15. The Kier molecular flexibility index (Phi) is 4.80. The van der Waals surface area contributed by atoms with Crippen molar-refractivity contribution >= 4 is 5.91 Å². The molecule has 4 nitrogen and oxygen atoms in total. The highest BCUT2D eigenvalue weighted by Crippen LogP contribution is 2.13. The Labute approximate surface area is 114 Å². The summed E-state index contributed by atoms with van der Waals surface area (Å²) in [4.78, 5) is 13.7. The monoisotopic (exact) mass is 263 g/mol. The van der Waals surface area contributed by atoms with Crippen LogP contribution in [-0.4, -0.2) is 41.7 Å². The number of amides is 1. The van der Waals surface area contributed by atoms with Crippen LogP contribution in [0.3, 0.4) is 0 Å². The van der Waals surface area contributed by atoms with Crippen LogP contribution in [0.2, 0.25) is 0 Å². The molecule has 1 saturated heterocycles. The molecule has 1 N–H and O–H groups in total. The largest absolute Gasteiger partial charge is 0.493 e. The van der Waals surface area contributed by atoms with Gasteiger partial charge in [0.05, 0.1) is 19.1 Å². The summed E-state index contributed by atoms with van der Waals surface area (Å²) < 4.78 is 5.54. The number of aliphatic hydroxyl groups excluding tert-OH is 1. The Morgan fingerprint density at radius 2 is 2.16 bits per heavy atom. The van der Waals surface area contributed by atoms with E-state index in [0.717, 1.165) is 25.1 Å². The lowest BCUT2D eigenvalue weighted by Crippen LogP contribution is -2.42. The van der Waals surface area contributed by atoms with E-state index >= 15 is 0 Å². The lowest BCUT2D eigenvalue weighted by Gasteiger charge is -2.30. The van der Waals surface area contributed by atoms with Gasteiger partial charge in [-0.15, -0.1) is 0 Å². The minimum absolute atomic E-state index is 0.0610. The van der Waals surface area contributed by atoms with Crippen molar-refractivity contribution in [3.05, 3.63) is 29.8 Å². The van der Waals surface area contributed by atoms with Crippen LogP contribution in [-0.2, 0) is 4.79 Å². The molecule has 2 rings (SSSR count). The topological polar surface area (TPSA) is 49.8 Å². The molecule has 1 aliphatic heterocycles. The number of ether oxygens (including phenoxy) is 1. The van der Waals surface area contributed by atoms with Crippen molar-refractivity contribution in [1.29, 1.82) is 0 Å². The lowest BCUT2D eigenvalue weighted by molar-refractivity contribution is -0.134. The van der Waals surface area contributed by atoms with Crippen LogP contribution < -0.4 is 4.74 Å². The maximum atomic E-state index is 11.9. The van der Waals surface area contributed by atoms with E-state index in [-0.39, 0.29) is 12.0 Å². The van der Waals surface area contributed by atoms with Crippen molar-refractivity contribution in [2.75, 3.05) is 19.7 Å². The quantitative estimate of drug-likeness (QED) is 0.900. The van der Waals surface area contributed by atoms with Gasteiger partial charge in [-0.3, -0.25) is 4.79 Å². The Morgan fingerprint density at radius 3 is 2.84 bits per heavy atom. The minimum atomic E-state index is -0.365. The van der Waals surface area contributed by atoms with Crippen LogP contribution in [0.5, 0.6) is 5.75 Å². The summed E-state index contributed by atoms with van der Waals surface area (Å²) in [5.41, 5.74) is 1.19. The number of likely N-dealkylation sites (tertiary alicyclic amines) is 1. The zero-order valence-corrected chi connectivity index (χ0v) is 11.3. The molecule has 0 aromatic heterocycles. The standard InChI is InChI=1S/C15H21NO3/c1-12-4-6-14(7-5-12)19-10-8-15(18)16-9-2-3-13(17)11-16/h4-7,13,17H,2-3,8-11H2,1H3/t13-/m0/s1. The summed E-state index contributed by atoms with van der Waals surface area (Å²) >= 11 is 0. The molecule has 0 bridgehead atoms. The average Bonchev–Trinajstić information content (AvgIpc) is 2.41. The van der Waals surface area contributed by atoms with E-state index in [1.807, 2.05) is 31.2 Å². The number of hydrogen-bond acceptors (Lipinski definition) is 3. The summed E-state index contributed by atoms with van der Waals surface area (Å²) in [5.74, 6) is 0.850. The molecule has 0 spiro atoms. The first kappa shape index (κ1) is 13.9. The van der Waals surface area contributed by atoms with Crippen LogP contribution in [0.1, 0.15) is 24.8 Å². The number of carbonyl (C=O) groups excluding carboxylic acids is 1. The maximum Gasteiger partial charge on any atom is 0.226 e. The Balaban J connectivity index is 1.73. The first-order valence-electron chi connectivity index (χ1n) is 6.80. The highest BCUT2D eigenvalue weighted by Gasteiger charge is 2.21. The number of nitrogens with zero attached hydrogens (tertiary/aromatic N) is 1. The predicted octanol–water partition coefficient (Wildman–Crippen LogP) is 1.75. The van der Waals surface area contributed by atoms with E-state index < -0.39 is 0 Å². The molecule has 104 valence electrons. The van der Waals surface area contributed by atoms with Crippen molar-refractivity contribution in [2.24, 2.45) is 0 Å². The molecule has 0 saturated carbocycles. The van der Waals surface area contributed by atoms with Crippen molar-refractivity contribution in [1.82, 2.24) is 4.90 Å². The number of β-amino-alcohol motifs (C(OH)–C–C–N with tert-alkyl or cyclic N) is 1. The van der Waals surface area contributed by atoms with Gasteiger partial charge in [0.2, 0.25) is 5.91 Å². The lowest BCUT2D eigenvalue weighted by atomic mass is 10.1. The Morgan fingerprint density at radius 1 is 1.42 bits per heavy atom. The third-order valence-electron chi connectivity index (χ3n) is 3.35. The van der Waals surface area contributed by atoms with Crippen LogP contribution in [0, 0.1) is 6.92 Å². The summed E-state index contributed by atoms with van der Waals surface area (Å²) in [5, 5.41) is 9.53. The zero-order valence-electron chi connectivity index (χ0n) is 11.3. The van der Waals surface area contributed by atoms with Crippen molar-refractivity contribution < 1.29 is 14.6 Å². The molecule has 1 fully saturated rings. The normalized spacial score (nSPS) is 19.3. The maximum absolute atomic E-state index is 11.9. The molecule has 1 aromatic carbocycles. The fourth-order valence-corrected chi connectivity index (χ4v) is 2.23. The molecule has 0 radical (unpaired) electrons. The fraction of sp³-hybridized carbons (Fsp3) is 0.533. The van der Waals surface area contributed by atoms with E-state index in [9.17, 15) is 9.90 Å². The van der Waals surface area contributed by atoms with Gasteiger partial charge in [-0.25, -0.2) is 0 Å². The third kappa shape index (κ3) is 4.24. The van der Waals surface area contributed by atoms with Gasteiger partial charge in [0.15, 0.2) is 0 Å². The van der Waals surface area contributed by atoms with Gasteiger partial charge in [0.25, 0.3) is 0 Å². The molecule has 1 aliphatic rings. The third-order valence-corrected chi connectivity index (χ3v) is 3.35. The van der Waals surface area contributed by atoms with E-state index in [0.29, 0.717) is 19.6 Å². The molecule has 1 atom stereocenters. The second-order valence-electron chi connectivity index (χ2n) is 5.05. The van der Waals surface area contributed by atoms with Gasteiger partial charge >= 0.3 is 0 Å². The van der Waals surface area contributed by atoms with Gasteiger partial charge in [-0.1, -0.05) is 17.7 Å². The molecule has 1 aromatic rings. The Bertz CT molecular complexity index is 416. The van der Waals surface area contributed by atoms with Gasteiger partial charge in [0, 0.05) is 13.1 Å². The second-order valence-corrected chi connectivity index (χ2v) is 5.05. The summed E-state index contributed by atoms with van der Waals surface area (Å²) in [6.45, 7) is 3.62. The average molecular weight is 263 g/mol. The highest BCUT2D eigenvalue weighted by atomic mass is 16.5. The van der Waals surface area contributed by atoms with Gasteiger partial charge in [-0.2, -0.15) is 0 Å².